The van der Waals surface area contributed by atoms with E-state index in [1.165, 1.54) is 31.4 Å². The number of benzene rings is 1. The summed E-state index contributed by atoms with van der Waals surface area (Å²) in [6, 6.07) is 4.49. The molecule has 0 amide bonds. The number of hydrogen-bond donors (Lipinski definition) is 1. The molecule has 0 unspecified atom stereocenters. The SMILES string of the molecule is O=C(O)CC1=C/C(=C\c2cnc(C3CCCCC3)nc2)c2ccc(F)cc21. The van der Waals surface area contributed by atoms with Crippen molar-refractivity contribution in [2.75, 3.05) is 0 Å². The monoisotopic (exact) mass is 364 g/mol. The van der Waals surface area contributed by atoms with Crippen LogP contribution in [0, 0.1) is 5.82 Å². The summed E-state index contributed by atoms with van der Waals surface area (Å²) in [6.45, 7) is 0. The van der Waals surface area contributed by atoms with Gasteiger partial charge in [-0.15, -0.1) is 0 Å². The van der Waals surface area contributed by atoms with Gasteiger partial charge in [0.15, 0.2) is 0 Å². The normalized spacial score (nSPS) is 18.4. The van der Waals surface area contributed by atoms with E-state index in [4.69, 9.17) is 5.11 Å². The maximum absolute atomic E-state index is 13.6. The molecule has 2 aromatic rings. The Bertz CT molecular complexity index is 926. The number of fused-ring (bicyclic) bond motifs is 1. The highest BCUT2D eigenvalue weighted by atomic mass is 19.1. The number of carboxylic acid groups (broad SMARTS) is 1. The standard InChI is InChI=1S/C22H21FN2O2/c23-18-6-7-19-16(9-17(10-21(26)27)20(19)11-18)8-14-12-24-22(25-13-14)15-4-2-1-3-5-15/h6-9,11-13,15H,1-5,10H2,(H,26,27)/b16-8+. The zero-order valence-corrected chi connectivity index (χ0v) is 15.0. The molecule has 1 heterocycles. The lowest BCUT2D eigenvalue weighted by Gasteiger charge is -2.19. The van der Waals surface area contributed by atoms with Crippen LogP contribution in [-0.2, 0) is 4.79 Å². The highest BCUT2D eigenvalue weighted by Crippen LogP contribution is 2.38. The molecule has 1 saturated carbocycles. The van der Waals surface area contributed by atoms with Gasteiger partial charge in [0.05, 0.1) is 6.42 Å². The van der Waals surface area contributed by atoms with Crippen molar-refractivity contribution in [1.82, 2.24) is 9.97 Å². The third kappa shape index (κ3) is 3.82. The quantitative estimate of drug-likeness (QED) is 0.822. The van der Waals surface area contributed by atoms with E-state index in [1.54, 1.807) is 6.07 Å². The Balaban J connectivity index is 1.63. The Labute approximate surface area is 157 Å². The van der Waals surface area contributed by atoms with E-state index >= 15 is 0 Å². The summed E-state index contributed by atoms with van der Waals surface area (Å²) < 4.78 is 13.6. The number of carboxylic acids is 1. The van der Waals surface area contributed by atoms with Crippen LogP contribution in [0.5, 0.6) is 0 Å². The fraction of sp³-hybridized carbons (Fsp3) is 0.318. The van der Waals surface area contributed by atoms with Crippen molar-refractivity contribution >= 4 is 23.2 Å². The molecule has 1 N–H and O–H groups in total. The Morgan fingerprint density at radius 3 is 2.59 bits per heavy atom. The number of rotatable bonds is 4. The highest BCUT2D eigenvalue weighted by molar-refractivity contribution is 6.04. The fourth-order valence-electron chi connectivity index (χ4n) is 3.98. The van der Waals surface area contributed by atoms with Gasteiger partial charge >= 0.3 is 5.97 Å². The van der Waals surface area contributed by atoms with Crippen LogP contribution >= 0.6 is 0 Å². The first kappa shape index (κ1) is 17.6. The van der Waals surface area contributed by atoms with Crippen LogP contribution in [0.15, 0.2) is 36.7 Å². The first-order valence-corrected chi connectivity index (χ1v) is 9.36. The van der Waals surface area contributed by atoms with Gasteiger partial charge in [0.25, 0.3) is 0 Å². The minimum atomic E-state index is -0.933. The Morgan fingerprint density at radius 2 is 1.89 bits per heavy atom. The predicted octanol–water partition coefficient (Wildman–Crippen LogP) is 5.08. The van der Waals surface area contributed by atoms with Crippen molar-refractivity contribution < 1.29 is 14.3 Å². The topological polar surface area (TPSA) is 63.1 Å². The number of aromatic nitrogens is 2. The van der Waals surface area contributed by atoms with Crippen molar-refractivity contribution in [2.45, 2.75) is 44.4 Å². The summed E-state index contributed by atoms with van der Waals surface area (Å²) in [7, 11) is 0. The van der Waals surface area contributed by atoms with Crippen molar-refractivity contribution in [3.05, 3.63) is 65.0 Å². The number of nitrogens with zero attached hydrogens (tertiary/aromatic N) is 2. The molecule has 27 heavy (non-hydrogen) atoms. The minimum Gasteiger partial charge on any atom is -0.481 e. The molecular weight excluding hydrogens is 343 g/mol. The van der Waals surface area contributed by atoms with Gasteiger partial charge in [0.1, 0.15) is 11.6 Å². The zero-order chi connectivity index (χ0) is 18.8. The summed E-state index contributed by atoms with van der Waals surface area (Å²) in [4.78, 5) is 20.2. The number of halogens is 1. The summed E-state index contributed by atoms with van der Waals surface area (Å²) in [5.41, 5.74) is 3.80. The van der Waals surface area contributed by atoms with Crippen LogP contribution in [0.3, 0.4) is 0 Å². The van der Waals surface area contributed by atoms with Crippen molar-refractivity contribution in [3.8, 4) is 0 Å². The lowest BCUT2D eigenvalue weighted by molar-refractivity contribution is -0.135. The molecule has 4 nitrogen and oxygen atoms in total. The van der Waals surface area contributed by atoms with Gasteiger partial charge in [0.2, 0.25) is 0 Å². The molecule has 0 bridgehead atoms. The van der Waals surface area contributed by atoms with E-state index in [9.17, 15) is 9.18 Å². The van der Waals surface area contributed by atoms with Crippen molar-refractivity contribution in [3.63, 3.8) is 0 Å². The maximum atomic E-state index is 13.6. The zero-order valence-electron chi connectivity index (χ0n) is 15.0. The van der Waals surface area contributed by atoms with Crippen LogP contribution < -0.4 is 0 Å². The number of allylic oxidation sites excluding steroid dienone is 2. The Hall–Kier alpha value is -2.82. The average molecular weight is 364 g/mol. The molecule has 1 aromatic carbocycles. The second-order valence-electron chi connectivity index (χ2n) is 7.24. The van der Waals surface area contributed by atoms with Crippen LogP contribution in [0.25, 0.3) is 17.2 Å². The molecular formula is C22H21FN2O2. The summed E-state index contributed by atoms with van der Waals surface area (Å²) in [5.74, 6) is 0.0647. The second-order valence-corrected chi connectivity index (χ2v) is 7.24. The molecule has 0 radical (unpaired) electrons. The lowest BCUT2D eigenvalue weighted by atomic mass is 9.89. The first-order chi connectivity index (χ1) is 13.1. The maximum Gasteiger partial charge on any atom is 0.307 e. The summed E-state index contributed by atoms with van der Waals surface area (Å²) >= 11 is 0. The molecule has 5 heteroatoms. The van der Waals surface area contributed by atoms with Gasteiger partial charge in [-0.2, -0.15) is 0 Å². The van der Waals surface area contributed by atoms with E-state index in [1.807, 2.05) is 24.5 Å². The van der Waals surface area contributed by atoms with E-state index in [2.05, 4.69) is 9.97 Å². The van der Waals surface area contributed by atoms with E-state index in [0.29, 0.717) is 17.1 Å². The van der Waals surface area contributed by atoms with Crippen LogP contribution in [0.4, 0.5) is 4.39 Å². The Kier molecular flexibility index (Phi) is 4.84. The molecule has 0 saturated heterocycles. The van der Waals surface area contributed by atoms with Crippen LogP contribution in [0.1, 0.15) is 67.0 Å². The van der Waals surface area contributed by atoms with E-state index in [0.717, 1.165) is 35.4 Å². The number of carbonyl (C=O) groups is 1. The highest BCUT2D eigenvalue weighted by Gasteiger charge is 2.21. The number of aliphatic carboxylic acids is 1. The molecule has 1 aromatic heterocycles. The third-order valence-electron chi connectivity index (χ3n) is 5.29. The van der Waals surface area contributed by atoms with Gasteiger partial charge in [-0.05, 0) is 59.4 Å². The van der Waals surface area contributed by atoms with Gasteiger partial charge in [-0.25, -0.2) is 14.4 Å². The van der Waals surface area contributed by atoms with Gasteiger partial charge < -0.3 is 5.11 Å². The van der Waals surface area contributed by atoms with E-state index in [-0.39, 0.29) is 12.2 Å². The molecule has 2 aliphatic carbocycles. The largest absolute Gasteiger partial charge is 0.481 e. The van der Waals surface area contributed by atoms with Crippen LogP contribution in [0.2, 0.25) is 0 Å². The minimum absolute atomic E-state index is 0.134. The second kappa shape index (κ2) is 7.43. The molecule has 1 fully saturated rings. The summed E-state index contributed by atoms with van der Waals surface area (Å²) in [6.07, 6.45) is 13.3. The van der Waals surface area contributed by atoms with Crippen LogP contribution in [-0.4, -0.2) is 21.0 Å². The molecule has 0 aliphatic heterocycles. The predicted molar refractivity (Wildman–Crippen MR) is 102 cm³/mol. The van der Waals surface area contributed by atoms with Gasteiger partial charge in [-0.3, -0.25) is 4.79 Å². The average Bonchev–Trinajstić information content (AvgIpc) is 2.99. The number of hydrogen-bond acceptors (Lipinski definition) is 3. The fourth-order valence-corrected chi connectivity index (χ4v) is 3.98. The van der Waals surface area contributed by atoms with E-state index < -0.39 is 5.97 Å². The van der Waals surface area contributed by atoms with Crippen molar-refractivity contribution in [1.29, 1.82) is 0 Å². The van der Waals surface area contributed by atoms with Gasteiger partial charge in [-0.1, -0.05) is 25.3 Å². The molecule has 0 atom stereocenters. The Morgan fingerprint density at radius 1 is 1.15 bits per heavy atom. The van der Waals surface area contributed by atoms with Gasteiger partial charge in [0, 0.05) is 23.9 Å². The molecule has 138 valence electrons. The first-order valence-electron chi connectivity index (χ1n) is 9.36. The summed E-state index contributed by atoms with van der Waals surface area (Å²) in [5, 5.41) is 9.13. The molecule has 4 rings (SSSR count). The molecule has 0 spiro atoms. The smallest absolute Gasteiger partial charge is 0.307 e. The lowest BCUT2D eigenvalue weighted by Crippen LogP contribution is -2.08. The molecule has 2 aliphatic rings. The van der Waals surface area contributed by atoms with Crippen molar-refractivity contribution in [2.24, 2.45) is 0 Å². The third-order valence-corrected chi connectivity index (χ3v) is 5.29.